The highest BCUT2D eigenvalue weighted by molar-refractivity contribution is 6.04. The highest BCUT2D eigenvalue weighted by Crippen LogP contribution is 2.60. The molecular formula is C53H53N. The quantitative estimate of drug-likeness (QED) is 0.167. The molecular weight excluding hydrogens is 651 g/mol. The van der Waals surface area contributed by atoms with Gasteiger partial charge in [0, 0.05) is 22.5 Å². The minimum atomic E-state index is -0.124. The maximum Gasteiger partial charge on any atom is 0.0471 e. The summed E-state index contributed by atoms with van der Waals surface area (Å²) in [7, 11) is 0. The minimum absolute atomic E-state index is 0.124. The van der Waals surface area contributed by atoms with Gasteiger partial charge in [0.05, 0.1) is 0 Å². The van der Waals surface area contributed by atoms with Crippen LogP contribution in [-0.4, -0.2) is 0 Å². The molecule has 6 aromatic rings. The Morgan fingerprint density at radius 2 is 1.11 bits per heavy atom. The van der Waals surface area contributed by atoms with Crippen molar-refractivity contribution in [2.45, 2.75) is 95.3 Å². The molecule has 0 amide bonds. The number of nitrogens with zero attached hydrogens (tertiary/aromatic N) is 1. The molecule has 0 N–H and O–H groups in total. The van der Waals surface area contributed by atoms with Gasteiger partial charge in [-0.1, -0.05) is 124 Å². The predicted molar refractivity (Wildman–Crippen MR) is 227 cm³/mol. The van der Waals surface area contributed by atoms with Gasteiger partial charge < -0.3 is 4.90 Å². The first-order valence-corrected chi connectivity index (χ1v) is 21.3. The molecule has 0 aromatic heterocycles. The fourth-order valence-corrected chi connectivity index (χ4v) is 12.7. The Bertz CT molecular complexity index is 2320. The van der Waals surface area contributed by atoms with Crippen LogP contribution in [0.15, 0.2) is 127 Å². The number of hydrogen-bond donors (Lipinski definition) is 0. The van der Waals surface area contributed by atoms with E-state index < -0.39 is 0 Å². The third kappa shape index (κ3) is 5.25. The van der Waals surface area contributed by atoms with Gasteiger partial charge in [-0.05, 0) is 172 Å². The van der Waals surface area contributed by atoms with Crippen LogP contribution in [0.5, 0.6) is 0 Å². The van der Waals surface area contributed by atoms with Crippen molar-refractivity contribution in [2.24, 2.45) is 23.7 Å². The van der Waals surface area contributed by atoms with E-state index in [1.807, 2.05) is 0 Å². The van der Waals surface area contributed by atoms with Crippen molar-refractivity contribution in [3.05, 3.63) is 150 Å². The lowest BCUT2D eigenvalue weighted by atomic mass is 9.51. The van der Waals surface area contributed by atoms with E-state index in [9.17, 15) is 0 Å². The molecule has 6 aromatic carbocycles. The minimum Gasteiger partial charge on any atom is -0.310 e. The van der Waals surface area contributed by atoms with Crippen LogP contribution >= 0.6 is 0 Å². The summed E-state index contributed by atoms with van der Waals surface area (Å²) < 4.78 is 0. The van der Waals surface area contributed by atoms with Crippen molar-refractivity contribution in [3.8, 4) is 22.3 Å². The summed E-state index contributed by atoms with van der Waals surface area (Å²) >= 11 is 0. The van der Waals surface area contributed by atoms with Gasteiger partial charge in [0.1, 0.15) is 0 Å². The zero-order valence-corrected chi connectivity index (χ0v) is 32.1. The standard InChI is InChI=1S/C53H53N/c1-53(2)49-18-9-8-16-47(49)52-48(46-17-10-14-38-13-6-7-15-45(38)46)32-44(33-50(52)53)54(42-23-19-37(20-24-42)36-11-4-3-5-12-36)43-25-21-39(22-26-43)51-40-28-34-27-35(30-40)31-41(51)29-34/h6-10,13-26,32-36,40-41,51H,3-5,11-12,27-31H2,1-2H3. The van der Waals surface area contributed by atoms with E-state index in [4.69, 9.17) is 0 Å². The van der Waals surface area contributed by atoms with E-state index in [-0.39, 0.29) is 5.41 Å². The third-order valence-corrected chi connectivity index (χ3v) is 15.0. The van der Waals surface area contributed by atoms with Gasteiger partial charge in [0.15, 0.2) is 0 Å². The molecule has 0 radical (unpaired) electrons. The first-order chi connectivity index (χ1) is 26.5. The van der Waals surface area contributed by atoms with Crippen molar-refractivity contribution in [2.75, 3.05) is 4.90 Å². The summed E-state index contributed by atoms with van der Waals surface area (Å²) in [5, 5.41) is 2.60. The molecule has 0 spiro atoms. The Kier molecular flexibility index (Phi) is 7.73. The SMILES string of the molecule is CC1(C)c2ccccc2-c2c(-c3cccc4ccccc34)cc(N(c3ccc(C4CCCCC4)cc3)c3ccc(C4C5CC6CC(C5)CC4C6)cc3)cc21. The van der Waals surface area contributed by atoms with Gasteiger partial charge in [-0.15, -0.1) is 0 Å². The monoisotopic (exact) mass is 703 g/mol. The first kappa shape index (κ1) is 32.8. The second-order valence-corrected chi connectivity index (χ2v) is 18.4. The van der Waals surface area contributed by atoms with E-state index in [0.29, 0.717) is 5.92 Å². The summed E-state index contributed by atoms with van der Waals surface area (Å²) in [4.78, 5) is 2.57. The first-order valence-electron chi connectivity index (χ1n) is 21.3. The highest BCUT2D eigenvalue weighted by Gasteiger charge is 2.48. The van der Waals surface area contributed by atoms with E-state index in [1.165, 1.54) is 131 Å². The molecule has 0 aliphatic heterocycles. The Morgan fingerprint density at radius 3 is 1.83 bits per heavy atom. The van der Waals surface area contributed by atoms with Gasteiger partial charge in [0.2, 0.25) is 0 Å². The Balaban J connectivity index is 1.08. The Morgan fingerprint density at radius 1 is 0.500 bits per heavy atom. The fraction of sp³-hybridized carbons (Fsp3) is 0.358. The average Bonchev–Trinajstić information content (AvgIpc) is 3.44. The second kappa shape index (κ2) is 12.7. The van der Waals surface area contributed by atoms with E-state index in [0.717, 1.165) is 29.6 Å². The molecule has 0 atom stereocenters. The van der Waals surface area contributed by atoms with Crippen molar-refractivity contribution in [3.63, 3.8) is 0 Å². The lowest BCUT2D eigenvalue weighted by molar-refractivity contribution is -0.00277. The second-order valence-electron chi connectivity index (χ2n) is 18.4. The average molecular weight is 704 g/mol. The van der Waals surface area contributed by atoms with Crippen molar-refractivity contribution >= 4 is 27.8 Å². The molecule has 0 unspecified atom stereocenters. The topological polar surface area (TPSA) is 3.24 Å². The van der Waals surface area contributed by atoms with E-state index >= 15 is 0 Å². The molecule has 270 valence electrons. The van der Waals surface area contributed by atoms with E-state index in [1.54, 1.807) is 5.56 Å². The van der Waals surface area contributed by atoms with Crippen LogP contribution in [0.3, 0.4) is 0 Å². The van der Waals surface area contributed by atoms with Crippen molar-refractivity contribution < 1.29 is 0 Å². The Labute approximate surface area is 322 Å². The van der Waals surface area contributed by atoms with Crippen molar-refractivity contribution in [1.82, 2.24) is 0 Å². The predicted octanol–water partition coefficient (Wildman–Crippen LogP) is 14.9. The Hall–Kier alpha value is -4.62. The molecule has 6 aliphatic carbocycles. The normalized spacial score (nSPS) is 25.1. The molecule has 1 heteroatoms. The molecule has 6 aliphatic rings. The lowest BCUT2D eigenvalue weighted by Crippen LogP contribution is -2.43. The lowest BCUT2D eigenvalue weighted by Gasteiger charge is -2.54. The zero-order chi connectivity index (χ0) is 36.0. The van der Waals surface area contributed by atoms with Crippen LogP contribution in [0.1, 0.15) is 112 Å². The number of fused-ring (bicyclic) bond motifs is 4. The molecule has 0 heterocycles. The van der Waals surface area contributed by atoms with Crippen molar-refractivity contribution in [1.29, 1.82) is 0 Å². The summed E-state index contributed by atoms with van der Waals surface area (Å²) in [6, 6.07) is 49.6. The van der Waals surface area contributed by atoms with Crippen LogP contribution in [0.4, 0.5) is 17.1 Å². The highest BCUT2D eigenvalue weighted by atomic mass is 15.1. The number of hydrogen-bond acceptors (Lipinski definition) is 1. The van der Waals surface area contributed by atoms with Gasteiger partial charge in [0.25, 0.3) is 0 Å². The van der Waals surface area contributed by atoms with Gasteiger partial charge in [-0.2, -0.15) is 0 Å². The van der Waals surface area contributed by atoms with Gasteiger partial charge in [-0.25, -0.2) is 0 Å². The molecule has 1 nitrogen and oxygen atoms in total. The van der Waals surface area contributed by atoms with Crippen LogP contribution in [0.2, 0.25) is 0 Å². The van der Waals surface area contributed by atoms with Gasteiger partial charge >= 0.3 is 0 Å². The number of rotatable bonds is 6. The van der Waals surface area contributed by atoms with Crippen LogP contribution in [0.25, 0.3) is 33.0 Å². The number of benzene rings is 6. The molecule has 4 bridgehead atoms. The van der Waals surface area contributed by atoms with E-state index in [2.05, 4.69) is 146 Å². The summed E-state index contributed by atoms with van der Waals surface area (Å²) in [6.07, 6.45) is 14.1. The van der Waals surface area contributed by atoms with Crippen LogP contribution in [-0.2, 0) is 5.41 Å². The van der Waals surface area contributed by atoms with Crippen LogP contribution < -0.4 is 4.90 Å². The molecule has 0 saturated heterocycles. The van der Waals surface area contributed by atoms with Gasteiger partial charge in [-0.3, -0.25) is 0 Å². The molecule has 5 saturated carbocycles. The smallest absolute Gasteiger partial charge is 0.0471 e. The molecule has 12 rings (SSSR count). The zero-order valence-electron chi connectivity index (χ0n) is 32.1. The van der Waals surface area contributed by atoms with Crippen LogP contribution in [0, 0.1) is 23.7 Å². The maximum atomic E-state index is 2.57. The maximum absolute atomic E-state index is 2.57. The largest absolute Gasteiger partial charge is 0.310 e. The molecule has 54 heavy (non-hydrogen) atoms. The number of anilines is 3. The molecule has 5 fully saturated rings. The summed E-state index contributed by atoms with van der Waals surface area (Å²) in [6.45, 7) is 4.86. The summed E-state index contributed by atoms with van der Waals surface area (Å²) in [5.74, 6) is 5.22. The third-order valence-electron chi connectivity index (χ3n) is 15.0. The fourth-order valence-electron chi connectivity index (χ4n) is 12.7. The summed E-state index contributed by atoms with van der Waals surface area (Å²) in [5.41, 5.74) is 14.9.